The summed E-state index contributed by atoms with van der Waals surface area (Å²) < 4.78 is 18.7. The van der Waals surface area contributed by atoms with Gasteiger partial charge >= 0.3 is 0 Å². The highest BCUT2D eigenvalue weighted by atomic mass is 32.1. The van der Waals surface area contributed by atoms with E-state index in [1.165, 1.54) is 200 Å². The summed E-state index contributed by atoms with van der Waals surface area (Å²) in [7, 11) is 0. The number of rotatable bonds is 11. The van der Waals surface area contributed by atoms with E-state index in [1.54, 1.807) is 0 Å². The molecule has 6 heterocycles. The molecular formula is C120H77N3OS2. The van der Waals surface area contributed by atoms with Crippen LogP contribution in [0.25, 0.3) is 234 Å². The smallest absolute Gasteiger partial charge is 0.135 e. The number of hydrogen-bond donors (Lipinski definition) is 0. The van der Waals surface area contributed by atoms with Gasteiger partial charge in [-0.3, -0.25) is 0 Å². The molecule has 6 aromatic heterocycles. The molecule has 0 unspecified atom stereocenters. The largest absolute Gasteiger partial charge is 0.456 e. The highest BCUT2D eigenvalue weighted by Gasteiger charge is 2.22. The predicted octanol–water partition coefficient (Wildman–Crippen LogP) is 34.3. The van der Waals surface area contributed by atoms with E-state index < -0.39 is 0 Å². The fourth-order valence-electron chi connectivity index (χ4n) is 19.1. The number of thiophene rings is 2. The zero-order valence-electron chi connectivity index (χ0n) is 68.5. The standard InChI is InChI=1S/C42H27NO.C42H27NS.C36H23NS/c2*1-3-11-28(12-4-1)32-23-33(29-13-5-2-6-14-29)25-34(24-32)43-39-17-9-7-15-35(39)37-26-30(19-21-40(37)43)31-20-22-42-38(27-31)36-16-8-10-18-41(36)44-42;1-2-8-24(9-3-1)25-14-18-28(19-15-25)37-33-12-6-4-10-29(33)31-22-26(16-20-34(31)37)27-17-21-36-32(23-27)30-11-5-7-13-35(30)38-36/h2*1-27H;1-23H. The Kier molecular flexibility index (Phi) is 18.3. The molecule has 0 atom stereocenters. The first-order chi connectivity index (χ1) is 62.4. The Morgan fingerprint density at radius 3 is 0.778 bits per heavy atom. The number of nitrogens with zero attached hydrogens (tertiary/aromatic N) is 3. The van der Waals surface area contributed by atoms with E-state index in [0.29, 0.717) is 0 Å². The molecule has 0 bridgehead atoms. The van der Waals surface area contributed by atoms with Gasteiger partial charge in [-0.1, -0.05) is 309 Å². The zero-order valence-corrected chi connectivity index (χ0v) is 70.2. The molecule has 0 aliphatic rings. The molecule has 0 fully saturated rings. The molecule has 20 aromatic carbocycles. The molecule has 0 aliphatic carbocycles. The first kappa shape index (κ1) is 73.9. The molecule has 0 radical (unpaired) electrons. The molecule has 126 heavy (non-hydrogen) atoms. The van der Waals surface area contributed by atoms with Crippen molar-refractivity contribution in [3.8, 4) is 106 Å². The summed E-state index contributed by atoms with van der Waals surface area (Å²) in [5, 5.41) is 15.2. The number of aromatic nitrogens is 3. The van der Waals surface area contributed by atoms with Crippen molar-refractivity contribution < 1.29 is 4.42 Å². The first-order valence-electron chi connectivity index (χ1n) is 43.0. The summed E-state index contributed by atoms with van der Waals surface area (Å²) in [6.07, 6.45) is 0. The Bertz CT molecular complexity index is 8220. The molecule has 0 amide bonds. The maximum absolute atomic E-state index is 6.10. The second-order valence-electron chi connectivity index (χ2n) is 32.6. The zero-order chi connectivity index (χ0) is 83.1. The molecule has 6 heteroatoms. The van der Waals surface area contributed by atoms with Crippen LogP contribution >= 0.6 is 22.7 Å². The molecule has 0 saturated carbocycles. The number of para-hydroxylation sites is 4. The molecular weight excluding hydrogens is 1560 g/mol. The quantitative estimate of drug-likeness (QED) is 0.127. The van der Waals surface area contributed by atoms with Crippen molar-refractivity contribution in [2.24, 2.45) is 0 Å². The Hall–Kier alpha value is -16.0. The maximum atomic E-state index is 6.10. The normalized spacial score (nSPS) is 11.7. The van der Waals surface area contributed by atoms with Gasteiger partial charge in [-0.05, 0) is 247 Å². The van der Waals surface area contributed by atoms with Gasteiger partial charge < -0.3 is 18.1 Å². The van der Waals surface area contributed by atoms with Crippen molar-refractivity contribution >= 4 is 150 Å². The molecule has 26 aromatic rings. The number of furan rings is 1. The van der Waals surface area contributed by atoms with Gasteiger partial charge in [0.15, 0.2) is 0 Å². The second kappa shape index (κ2) is 31.2. The molecule has 0 saturated heterocycles. The monoisotopic (exact) mass is 1640 g/mol. The van der Waals surface area contributed by atoms with Crippen LogP contribution in [0.4, 0.5) is 0 Å². The highest BCUT2D eigenvalue weighted by Crippen LogP contribution is 2.46. The average molecular weight is 1640 g/mol. The minimum absolute atomic E-state index is 0.917. The highest BCUT2D eigenvalue weighted by molar-refractivity contribution is 7.26. The van der Waals surface area contributed by atoms with E-state index in [9.17, 15) is 0 Å². The number of fused-ring (bicyclic) bond motifs is 18. The lowest BCUT2D eigenvalue weighted by molar-refractivity contribution is 0.669. The lowest BCUT2D eigenvalue weighted by atomic mass is 9.98. The Labute approximate surface area is 736 Å². The van der Waals surface area contributed by atoms with Gasteiger partial charge in [0.05, 0.1) is 33.1 Å². The van der Waals surface area contributed by atoms with Crippen LogP contribution in [0.1, 0.15) is 0 Å². The Morgan fingerprint density at radius 1 is 0.135 bits per heavy atom. The topological polar surface area (TPSA) is 27.9 Å². The van der Waals surface area contributed by atoms with Gasteiger partial charge in [0.2, 0.25) is 0 Å². The molecule has 0 N–H and O–H groups in total. The number of hydrogen-bond acceptors (Lipinski definition) is 3. The third-order valence-electron chi connectivity index (χ3n) is 25.2. The number of benzene rings is 20. The Morgan fingerprint density at radius 2 is 0.389 bits per heavy atom. The fourth-order valence-corrected chi connectivity index (χ4v) is 21.3. The average Bonchev–Trinajstić information content (AvgIpc) is 1.59. The maximum Gasteiger partial charge on any atom is 0.135 e. The van der Waals surface area contributed by atoms with Crippen LogP contribution in [-0.2, 0) is 0 Å². The lowest BCUT2D eigenvalue weighted by Gasteiger charge is -2.14. The lowest BCUT2D eigenvalue weighted by Crippen LogP contribution is -1.96. The van der Waals surface area contributed by atoms with Crippen LogP contribution < -0.4 is 0 Å². The van der Waals surface area contributed by atoms with Crippen LogP contribution in [0.2, 0.25) is 0 Å². The van der Waals surface area contributed by atoms with Crippen molar-refractivity contribution in [2.45, 2.75) is 0 Å². The molecule has 590 valence electrons. The summed E-state index contributed by atoms with van der Waals surface area (Å²) in [5.41, 5.74) is 32.1. The summed E-state index contributed by atoms with van der Waals surface area (Å²) in [5.74, 6) is 0. The van der Waals surface area contributed by atoms with Crippen LogP contribution in [-0.4, -0.2) is 13.7 Å². The third kappa shape index (κ3) is 13.2. The van der Waals surface area contributed by atoms with Crippen molar-refractivity contribution in [2.75, 3.05) is 0 Å². The minimum Gasteiger partial charge on any atom is -0.456 e. The second-order valence-corrected chi connectivity index (χ2v) is 34.8. The van der Waals surface area contributed by atoms with Gasteiger partial charge in [-0.2, -0.15) is 0 Å². The fraction of sp³-hybridized carbons (Fsp3) is 0. The van der Waals surface area contributed by atoms with Crippen molar-refractivity contribution in [3.05, 3.63) is 467 Å². The van der Waals surface area contributed by atoms with E-state index in [-0.39, 0.29) is 0 Å². The summed E-state index contributed by atoms with van der Waals surface area (Å²) >= 11 is 3.73. The van der Waals surface area contributed by atoms with Crippen LogP contribution in [0.3, 0.4) is 0 Å². The molecule has 0 aliphatic heterocycles. The molecule has 26 rings (SSSR count). The van der Waals surface area contributed by atoms with Crippen LogP contribution in [0.5, 0.6) is 0 Å². The van der Waals surface area contributed by atoms with Crippen LogP contribution in [0.15, 0.2) is 472 Å². The van der Waals surface area contributed by atoms with Gasteiger partial charge in [-0.15, -0.1) is 22.7 Å². The summed E-state index contributed by atoms with van der Waals surface area (Å²) in [6.45, 7) is 0. The van der Waals surface area contributed by atoms with E-state index >= 15 is 0 Å². The summed E-state index contributed by atoms with van der Waals surface area (Å²) in [4.78, 5) is 0. The van der Waals surface area contributed by atoms with E-state index in [2.05, 4.69) is 469 Å². The molecule has 4 nitrogen and oxygen atoms in total. The van der Waals surface area contributed by atoms with Crippen molar-refractivity contribution in [3.63, 3.8) is 0 Å². The van der Waals surface area contributed by atoms with E-state index in [4.69, 9.17) is 4.42 Å². The Balaban J connectivity index is 0.000000106. The van der Waals surface area contributed by atoms with Crippen LogP contribution in [0, 0.1) is 0 Å². The first-order valence-corrected chi connectivity index (χ1v) is 44.6. The van der Waals surface area contributed by atoms with Gasteiger partial charge in [0.1, 0.15) is 11.2 Å². The third-order valence-corrected chi connectivity index (χ3v) is 27.5. The van der Waals surface area contributed by atoms with Crippen molar-refractivity contribution in [1.29, 1.82) is 0 Å². The minimum atomic E-state index is 0.917. The summed E-state index contributed by atoms with van der Waals surface area (Å²) in [6, 6.07) is 169. The van der Waals surface area contributed by atoms with E-state index in [1.807, 2.05) is 34.8 Å². The van der Waals surface area contributed by atoms with E-state index in [0.717, 1.165) is 33.3 Å². The van der Waals surface area contributed by atoms with Crippen molar-refractivity contribution in [1.82, 2.24) is 13.7 Å². The SMILES string of the molecule is c1ccc(-c2cc(-c3ccccc3)cc(-n3c4ccccc4c4cc(-c5ccc6oc7ccccc7c6c5)ccc43)c2)cc1.c1ccc(-c2cc(-c3ccccc3)cc(-n3c4ccccc4c4cc(-c5ccc6sc7ccccc7c6c5)ccc43)c2)cc1.c1ccc(-c2ccc(-n3c4ccccc4c4cc(-c5ccc6sc7ccccc7c6c5)ccc43)cc2)cc1. The molecule has 0 spiro atoms. The van der Waals surface area contributed by atoms with Gasteiger partial charge in [0, 0.05) is 100 Å². The predicted molar refractivity (Wildman–Crippen MR) is 539 cm³/mol. The van der Waals surface area contributed by atoms with Gasteiger partial charge in [0.25, 0.3) is 0 Å². The van der Waals surface area contributed by atoms with Gasteiger partial charge in [-0.25, -0.2) is 0 Å².